The molecule has 2 N–H and O–H groups in total. The molecule has 26 heavy (non-hydrogen) atoms. The molecule has 0 radical (unpaired) electrons. The Bertz CT molecular complexity index is 695. The zero-order valence-corrected chi connectivity index (χ0v) is 15.3. The van der Waals surface area contributed by atoms with E-state index >= 15 is 0 Å². The Morgan fingerprint density at radius 1 is 1.12 bits per heavy atom. The molecule has 0 unspecified atom stereocenters. The highest BCUT2D eigenvalue weighted by Crippen LogP contribution is 2.60. The summed E-state index contributed by atoms with van der Waals surface area (Å²) in [5, 5.41) is 5.58. The molecule has 1 aromatic carbocycles. The van der Waals surface area contributed by atoms with Gasteiger partial charge in [0.15, 0.2) is 0 Å². The first kappa shape index (κ1) is 17.5. The normalized spacial score (nSPS) is 31.7. The Balaban J connectivity index is 1.29. The second-order valence-corrected chi connectivity index (χ2v) is 8.74. The topological polar surface area (TPSA) is 58.2 Å². The molecule has 4 fully saturated rings. The first-order valence-corrected chi connectivity index (χ1v) is 9.78. The van der Waals surface area contributed by atoms with Crippen LogP contribution < -0.4 is 10.6 Å². The van der Waals surface area contributed by atoms with Gasteiger partial charge in [-0.3, -0.25) is 9.59 Å². The van der Waals surface area contributed by atoms with Crippen molar-refractivity contribution in [3.8, 4) is 0 Å². The van der Waals surface area contributed by atoms with E-state index in [0.29, 0.717) is 6.54 Å². The molecule has 0 spiro atoms. The number of benzene rings is 1. The van der Waals surface area contributed by atoms with Crippen LogP contribution in [0.3, 0.4) is 0 Å². The van der Waals surface area contributed by atoms with Gasteiger partial charge in [-0.05, 0) is 80.9 Å². The highest BCUT2D eigenvalue weighted by Gasteiger charge is 2.54. The van der Waals surface area contributed by atoms with Gasteiger partial charge in [0.2, 0.25) is 11.8 Å². The zero-order chi connectivity index (χ0) is 18.3. The Hall–Kier alpha value is -1.91. The van der Waals surface area contributed by atoms with Gasteiger partial charge in [-0.15, -0.1) is 0 Å². The fourth-order valence-corrected chi connectivity index (χ4v) is 5.81. The molecule has 4 saturated carbocycles. The lowest BCUT2D eigenvalue weighted by Gasteiger charge is -2.55. The number of hydrogen-bond acceptors (Lipinski definition) is 2. The summed E-state index contributed by atoms with van der Waals surface area (Å²) >= 11 is 0. The average molecular weight is 358 g/mol. The van der Waals surface area contributed by atoms with E-state index in [9.17, 15) is 14.0 Å². The minimum atomic E-state index is -0.443. The van der Waals surface area contributed by atoms with Crippen molar-refractivity contribution in [3.05, 3.63) is 29.6 Å². The molecule has 4 aliphatic rings. The molecule has 4 nitrogen and oxygen atoms in total. The summed E-state index contributed by atoms with van der Waals surface area (Å²) in [6.07, 6.45) is 7.12. The van der Waals surface area contributed by atoms with Crippen molar-refractivity contribution in [2.75, 3.05) is 11.9 Å². The molecular weight excluding hydrogens is 331 g/mol. The van der Waals surface area contributed by atoms with Crippen LogP contribution in [0.1, 0.15) is 50.5 Å². The second kappa shape index (κ2) is 6.67. The number of hydrogen-bond donors (Lipinski definition) is 2. The maximum Gasteiger partial charge on any atom is 0.226 e. The lowest BCUT2D eigenvalue weighted by molar-refractivity contribution is -0.146. The van der Waals surface area contributed by atoms with Gasteiger partial charge in [-0.25, -0.2) is 4.39 Å². The van der Waals surface area contributed by atoms with Crippen LogP contribution in [0.5, 0.6) is 0 Å². The Morgan fingerprint density at radius 3 is 2.35 bits per heavy atom. The van der Waals surface area contributed by atoms with Crippen molar-refractivity contribution in [3.63, 3.8) is 0 Å². The summed E-state index contributed by atoms with van der Waals surface area (Å²) in [6, 6.07) is 4.62. The molecule has 0 aliphatic heterocycles. The number of halogens is 1. The van der Waals surface area contributed by atoms with Crippen molar-refractivity contribution < 1.29 is 14.0 Å². The molecule has 5 heteroatoms. The standard InChI is InChI=1S/C21H27FN2O2/c1-13-2-3-17(22)18(6-13)24-19(25)4-5-23-20(26)21-10-14-7-15(11-21)9-16(8-14)12-21/h2-3,6,14-16H,4-5,7-12H2,1H3,(H,23,26)(H,24,25). The van der Waals surface area contributed by atoms with Gasteiger partial charge in [0.05, 0.1) is 5.69 Å². The molecule has 4 aliphatic carbocycles. The van der Waals surface area contributed by atoms with Crippen molar-refractivity contribution >= 4 is 17.5 Å². The fourth-order valence-electron chi connectivity index (χ4n) is 5.81. The molecule has 0 heterocycles. The minimum Gasteiger partial charge on any atom is -0.355 e. The van der Waals surface area contributed by atoms with Crippen LogP contribution in [-0.4, -0.2) is 18.4 Å². The van der Waals surface area contributed by atoms with Gasteiger partial charge >= 0.3 is 0 Å². The Kier molecular flexibility index (Phi) is 4.49. The number of amides is 2. The SMILES string of the molecule is Cc1ccc(F)c(NC(=O)CCNC(=O)C23CC4CC(CC(C4)C2)C3)c1. The predicted octanol–water partition coefficient (Wildman–Crippen LogP) is 3.80. The summed E-state index contributed by atoms with van der Waals surface area (Å²) in [4.78, 5) is 24.9. The third-order valence-corrected chi connectivity index (χ3v) is 6.55. The third-order valence-electron chi connectivity index (χ3n) is 6.55. The van der Waals surface area contributed by atoms with E-state index in [2.05, 4.69) is 10.6 Å². The number of aryl methyl sites for hydroxylation is 1. The molecular formula is C21H27FN2O2. The summed E-state index contributed by atoms with van der Waals surface area (Å²) in [7, 11) is 0. The zero-order valence-electron chi connectivity index (χ0n) is 15.3. The number of carbonyl (C=O) groups is 2. The maximum absolute atomic E-state index is 13.7. The van der Waals surface area contributed by atoms with Crippen LogP contribution in [0.2, 0.25) is 0 Å². The van der Waals surface area contributed by atoms with E-state index in [1.807, 2.05) is 6.92 Å². The van der Waals surface area contributed by atoms with Gasteiger partial charge in [0.1, 0.15) is 5.82 Å². The molecule has 1 aromatic rings. The van der Waals surface area contributed by atoms with E-state index in [-0.39, 0.29) is 29.3 Å². The van der Waals surface area contributed by atoms with E-state index < -0.39 is 5.82 Å². The van der Waals surface area contributed by atoms with Crippen LogP contribution in [-0.2, 0) is 9.59 Å². The fraction of sp³-hybridized carbons (Fsp3) is 0.619. The van der Waals surface area contributed by atoms with Crippen LogP contribution >= 0.6 is 0 Å². The molecule has 0 atom stereocenters. The minimum absolute atomic E-state index is 0.131. The van der Waals surface area contributed by atoms with Crippen LogP contribution in [0.15, 0.2) is 18.2 Å². The second-order valence-electron chi connectivity index (χ2n) is 8.74. The molecule has 0 saturated heterocycles. The predicted molar refractivity (Wildman–Crippen MR) is 98.0 cm³/mol. The highest BCUT2D eigenvalue weighted by atomic mass is 19.1. The van der Waals surface area contributed by atoms with E-state index in [4.69, 9.17) is 0 Å². The van der Waals surface area contributed by atoms with Gasteiger partial charge < -0.3 is 10.6 Å². The van der Waals surface area contributed by atoms with Gasteiger partial charge in [-0.2, -0.15) is 0 Å². The van der Waals surface area contributed by atoms with Gasteiger partial charge in [0.25, 0.3) is 0 Å². The average Bonchev–Trinajstić information content (AvgIpc) is 2.57. The van der Waals surface area contributed by atoms with Crippen molar-refractivity contribution in [2.45, 2.75) is 51.9 Å². The van der Waals surface area contributed by atoms with Gasteiger partial charge in [-0.1, -0.05) is 6.07 Å². The quantitative estimate of drug-likeness (QED) is 0.841. The van der Waals surface area contributed by atoms with Crippen LogP contribution in [0.25, 0.3) is 0 Å². The lowest BCUT2D eigenvalue weighted by Crippen LogP contribution is -2.53. The number of nitrogens with one attached hydrogen (secondary N) is 2. The molecule has 5 rings (SSSR count). The highest BCUT2D eigenvalue weighted by molar-refractivity contribution is 5.91. The first-order valence-electron chi connectivity index (χ1n) is 9.78. The van der Waals surface area contributed by atoms with Crippen LogP contribution in [0.4, 0.5) is 10.1 Å². The Labute approximate surface area is 153 Å². The van der Waals surface area contributed by atoms with Crippen molar-refractivity contribution in [2.24, 2.45) is 23.2 Å². The third kappa shape index (κ3) is 3.36. The van der Waals surface area contributed by atoms with Crippen molar-refractivity contribution in [1.82, 2.24) is 5.32 Å². The van der Waals surface area contributed by atoms with Gasteiger partial charge in [0, 0.05) is 18.4 Å². The molecule has 140 valence electrons. The van der Waals surface area contributed by atoms with E-state index in [0.717, 1.165) is 42.6 Å². The molecule has 2 amide bonds. The summed E-state index contributed by atoms with van der Waals surface area (Å²) in [6.45, 7) is 2.15. The van der Waals surface area contributed by atoms with Crippen LogP contribution in [0, 0.1) is 35.9 Å². The smallest absolute Gasteiger partial charge is 0.226 e. The number of anilines is 1. The summed E-state index contributed by atoms with van der Waals surface area (Å²) < 4.78 is 13.7. The van der Waals surface area contributed by atoms with E-state index in [1.54, 1.807) is 12.1 Å². The summed E-state index contributed by atoms with van der Waals surface area (Å²) in [5.41, 5.74) is 0.896. The summed E-state index contributed by atoms with van der Waals surface area (Å²) in [5.74, 6) is 1.58. The molecule has 0 aromatic heterocycles. The monoisotopic (exact) mass is 358 g/mol. The molecule has 4 bridgehead atoms. The largest absolute Gasteiger partial charge is 0.355 e. The Morgan fingerprint density at radius 2 is 1.73 bits per heavy atom. The number of rotatable bonds is 5. The lowest BCUT2D eigenvalue weighted by atomic mass is 9.49. The van der Waals surface area contributed by atoms with E-state index in [1.165, 1.54) is 25.3 Å². The number of carbonyl (C=O) groups excluding carboxylic acids is 2. The first-order chi connectivity index (χ1) is 12.4. The maximum atomic E-state index is 13.7. The van der Waals surface area contributed by atoms with Crippen molar-refractivity contribution in [1.29, 1.82) is 0 Å².